The minimum atomic E-state index is 0.803. The molecule has 0 amide bonds. The lowest BCUT2D eigenvalue weighted by Gasteiger charge is -2.11. The minimum absolute atomic E-state index is 0.803. The predicted octanol–water partition coefficient (Wildman–Crippen LogP) is 3.18. The lowest BCUT2D eigenvalue weighted by atomic mass is 10.0. The molecule has 2 heteroatoms. The number of nitrogens with two attached hydrogens (primary N) is 1. The number of para-hydroxylation sites is 2. The van der Waals surface area contributed by atoms with Gasteiger partial charge in [0.1, 0.15) is 5.75 Å². The highest BCUT2D eigenvalue weighted by Crippen LogP contribution is 2.25. The smallest absolute Gasteiger partial charge is 0.122 e. The van der Waals surface area contributed by atoms with E-state index in [0.717, 1.165) is 34.5 Å². The van der Waals surface area contributed by atoms with Crippen LogP contribution in [-0.2, 0) is 6.42 Å². The highest BCUT2D eigenvalue weighted by Gasteiger charge is 2.06. The summed E-state index contributed by atoms with van der Waals surface area (Å²) in [5.74, 6) is 0.911. The molecule has 2 nitrogen and oxygen atoms in total. The van der Waals surface area contributed by atoms with Crippen LogP contribution in [0.25, 0.3) is 0 Å². The SMILES string of the molecule is COc1ccccc1Cc1cccc(C)c1N. The van der Waals surface area contributed by atoms with Crippen LogP contribution in [0.3, 0.4) is 0 Å². The maximum Gasteiger partial charge on any atom is 0.122 e. The first-order valence-corrected chi connectivity index (χ1v) is 5.68. The Morgan fingerprint density at radius 3 is 2.47 bits per heavy atom. The van der Waals surface area contributed by atoms with Gasteiger partial charge < -0.3 is 10.5 Å². The van der Waals surface area contributed by atoms with Crippen LogP contribution in [0.2, 0.25) is 0 Å². The molecule has 0 saturated heterocycles. The van der Waals surface area contributed by atoms with E-state index in [2.05, 4.69) is 12.1 Å². The Labute approximate surface area is 102 Å². The van der Waals surface area contributed by atoms with Crippen molar-refractivity contribution in [3.63, 3.8) is 0 Å². The Balaban J connectivity index is 2.35. The molecule has 0 fully saturated rings. The molecule has 0 bridgehead atoms. The van der Waals surface area contributed by atoms with Crippen LogP contribution in [0.15, 0.2) is 42.5 Å². The average Bonchev–Trinajstić information content (AvgIpc) is 2.35. The van der Waals surface area contributed by atoms with Gasteiger partial charge in [-0.15, -0.1) is 0 Å². The molecule has 0 radical (unpaired) electrons. The molecule has 17 heavy (non-hydrogen) atoms. The van der Waals surface area contributed by atoms with E-state index in [9.17, 15) is 0 Å². The molecule has 0 aliphatic heterocycles. The van der Waals surface area contributed by atoms with Gasteiger partial charge in [0.25, 0.3) is 0 Å². The van der Waals surface area contributed by atoms with Gasteiger partial charge in [-0.3, -0.25) is 0 Å². The number of hydrogen-bond acceptors (Lipinski definition) is 2. The van der Waals surface area contributed by atoms with Crippen molar-refractivity contribution < 1.29 is 4.74 Å². The standard InChI is InChI=1S/C15H17NO/c1-11-6-5-8-13(15(11)16)10-12-7-3-4-9-14(12)17-2/h3-9H,10,16H2,1-2H3. The summed E-state index contributed by atoms with van der Waals surface area (Å²) in [5, 5.41) is 0. The number of ether oxygens (including phenoxy) is 1. The van der Waals surface area contributed by atoms with E-state index in [1.165, 1.54) is 0 Å². The van der Waals surface area contributed by atoms with Gasteiger partial charge in [-0.1, -0.05) is 36.4 Å². The summed E-state index contributed by atoms with van der Waals surface area (Å²) in [4.78, 5) is 0. The number of rotatable bonds is 3. The summed E-state index contributed by atoms with van der Waals surface area (Å²) >= 11 is 0. The van der Waals surface area contributed by atoms with E-state index in [0.29, 0.717) is 0 Å². The number of anilines is 1. The number of benzene rings is 2. The predicted molar refractivity (Wildman–Crippen MR) is 71.4 cm³/mol. The minimum Gasteiger partial charge on any atom is -0.496 e. The second-order valence-electron chi connectivity index (χ2n) is 4.14. The highest BCUT2D eigenvalue weighted by atomic mass is 16.5. The first-order chi connectivity index (χ1) is 8.22. The zero-order chi connectivity index (χ0) is 12.3. The van der Waals surface area contributed by atoms with Gasteiger partial charge in [0.2, 0.25) is 0 Å². The average molecular weight is 227 g/mol. The Kier molecular flexibility index (Phi) is 3.33. The van der Waals surface area contributed by atoms with E-state index in [1.54, 1.807) is 7.11 Å². The van der Waals surface area contributed by atoms with Gasteiger partial charge in [-0.25, -0.2) is 0 Å². The van der Waals surface area contributed by atoms with E-state index < -0.39 is 0 Å². The second-order valence-corrected chi connectivity index (χ2v) is 4.14. The number of nitrogen functional groups attached to an aromatic ring is 1. The molecule has 0 saturated carbocycles. The third-order valence-electron chi connectivity index (χ3n) is 2.99. The molecule has 0 atom stereocenters. The van der Waals surface area contributed by atoms with Crippen molar-refractivity contribution in [2.75, 3.05) is 12.8 Å². The lowest BCUT2D eigenvalue weighted by molar-refractivity contribution is 0.410. The van der Waals surface area contributed by atoms with Crippen molar-refractivity contribution in [1.82, 2.24) is 0 Å². The third kappa shape index (κ3) is 2.41. The molecular weight excluding hydrogens is 210 g/mol. The van der Waals surface area contributed by atoms with Crippen LogP contribution in [0.5, 0.6) is 5.75 Å². The summed E-state index contributed by atoms with van der Waals surface area (Å²) in [7, 11) is 1.69. The molecule has 2 aromatic carbocycles. The first-order valence-electron chi connectivity index (χ1n) is 5.68. The van der Waals surface area contributed by atoms with Crippen LogP contribution >= 0.6 is 0 Å². The zero-order valence-electron chi connectivity index (χ0n) is 10.2. The molecule has 2 aromatic rings. The van der Waals surface area contributed by atoms with Gasteiger partial charge in [-0.05, 0) is 29.7 Å². The monoisotopic (exact) mass is 227 g/mol. The lowest BCUT2D eigenvalue weighted by Crippen LogP contribution is -1.99. The van der Waals surface area contributed by atoms with Crippen molar-refractivity contribution in [2.24, 2.45) is 0 Å². The molecule has 0 aliphatic rings. The summed E-state index contributed by atoms with van der Waals surface area (Å²) < 4.78 is 5.35. The van der Waals surface area contributed by atoms with E-state index >= 15 is 0 Å². The molecule has 2 rings (SSSR count). The molecule has 0 heterocycles. The van der Waals surface area contributed by atoms with Crippen LogP contribution < -0.4 is 10.5 Å². The molecule has 88 valence electrons. The number of hydrogen-bond donors (Lipinski definition) is 1. The van der Waals surface area contributed by atoms with Crippen LogP contribution in [0.1, 0.15) is 16.7 Å². The Morgan fingerprint density at radius 1 is 1.00 bits per heavy atom. The third-order valence-corrected chi connectivity index (χ3v) is 2.99. The van der Waals surface area contributed by atoms with Gasteiger partial charge in [0.05, 0.1) is 7.11 Å². The second kappa shape index (κ2) is 4.91. The summed E-state index contributed by atoms with van der Waals surface area (Å²) in [6.45, 7) is 2.03. The number of methoxy groups -OCH3 is 1. The fourth-order valence-electron chi connectivity index (χ4n) is 1.95. The van der Waals surface area contributed by atoms with Gasteiger partial charge in [0, 0.05) is 12.1 Å². The zero-order valence-corrected chi connectivity index (χ0v) is 10.2. The van der Waals surface area contributed by atoms with Crippen molar-refractivity contribution >= 4 is 5.69 Å². The quantitative estimate of drug-likeness (QED) is 0.817. The Bertz CT molecular complexity index is 520. The fraction of sp³-hybridized carbons (Fsp3) is 0.200. The molecule has 2 N–H and O–H groups in total. The summed E-state index contributed by atoms with van der Waals surface area (Å²) in [6, 6.07) is 14.2. The number of aryl methyl sites for hydroxylation is 1. The maximum absolute atomic E-state index is 6.08. The Morgan fingerprint density at radius 2 is 1.71 bits per heavy atom. The molecule has 0 aliphatic carbocycles. The van der Waals surface area contributed by atoms with Gasteiger partial charge in [-0.2, -0.15) is 0 Å². The van der Waals surface area contributed by atoms with Gasteiger partial charge >= 0.3 is 0 Å². The van der Waals surface area contributed by atoms with Gasteiger partial charge in [0.15, 0.2) is 0 Å². The normalized spacial score (nSPS) is 10.2. The summed E-state index contributed by atoms with van der Waals surface area (Å²) in [5.41, 5.74) is 10.4. The van der Waals surface area contributed by atoms with Crippen molar-refractivity contribution in [3.05, 3.63) is 59.2 Å². The fourth-order valence-corrected chi connectivity index (χ4v) is 1.95. The van der Waals surface area contributed by atoms with Crippen LogP contribution in [0, 0.1) is 6.92 Å². The first kappa shape index (κ1) is 11.5. The topological polar surface area (TPSA) is 35.2 Å². The largest absolute Gasteiger partial charge is 0.496 e. The van der Waals surface area contributed by atoms with E-state index in [1.807, 2.05) is 37.3 Å². The Hall–Kier alpha value is -1.96. The van der Waals surface area contributed by atoms with Crippen molar-refractivity contribution in [2.45, 2.75) is 13.3 Å². The van der Waals surface area contributed by atoms with Crippen molar-refractivity contribution in [3.8, 4) is 5.75 Å². The maximum atomic E-state index is 6.08. The van der Waals surface area contributed by atoms with Crippen molar-refractivity contribution in [1.29, 1.82) is 0 Å². The van der Waals surface area contributed by atoms with Crippen LogP contribution in [-0.4, -0.2) is 7.11 Å². The van der Waals surface area contributed by atoms with E-state index in [4.69, 9.17) is 10.5 Å². The molecule has 0 aromatic heterocycles. The molecule has 0 spiro atoms. The molecular formula is C15H17NO. The highest BCUT2D eigenvalue weighted by molar-refractivity contribution is 5.55. The van der Waals surface area contributed by atoms with Crippen LogP contribution in [0.4, 0.5) is 5.69 Å². The molecule has 0 unspecified atom stereocenters. The van der Waals surface area contributed by atoms with E-state index in [-0.39, 0.29) is 0 Å². The summed E-state index contributed by atoms with van der Waals surface area (Å²) in [6.07, 6.45) is 0.803.